The fraction of sp³-hybridized carbons (Fsp3) is 0.269. The van der Waals surface area contributed by atoms with E-state index in [-0.39, 0.29) is 5.91 Å². The van der Waals surface area contributed by atoms with Crippen LogP contribution in [0.3, 0.4) is 0 Å². The molecule has 31 heavy (non-hydrogen) atoms. The summed E-state index contributed by atoms with van der Waals surface area (Å²) in [5, 5.41) is 3.74. The zero-order chi connectivity index (χ0) is 21.6. The highest BCUT2D eigenvalue weighted by molar-refractivity contribution is 9.10. The van der Waals surface area contributed by atoms with Gasteiger partial charge in [-0.25, -0.2) is 0 Å². The van der Waals surface area contributed by atoms with Crippen molar-refractivity contribution in [3.63, 3.8) is 0 Å². The van der Waals surface area contributed by atoms with Gasteiger partial charge in [-0.2, -0.15) is 0 Å². The smallest absolute Gasteiger partial charge is 0.251 e. The molecule has 0 radical (unpaired) electrons. The number of rotatable bonds is 7. The SMILES string of the molecule is O=C(NCCc1ccc(CN2CCCC2)c(Br)c1)c1ccc(-c2ccc(Cl)cc2)cc1. The van der Waals surface area contributed by atoms with Gasteiger partial charge in [-0.3, -0.25) is 9.69 Å². The van der Waals surface area contributed by atoms with Crippen molar-refractivity contribution < 1.29 is 4.79 Å². The molecule has 0 bridgehead atoms. The highest BCUT2D eigenvalue weighted by Crippen LogP contribution is 2.23. The first-order valence-corrected chi connectivity index (χ1v) is 11.9. The van der Waals surface area contributed by atoms with Crippen molar-refractivity contribution in [1.82, 2.24) is 10.2 Å². The van der Waals surface area contributed by atoms with E-state index >= 15 is 0 Å². The molecule has 0 aromatic heterocycles. The third-order valence-electron chi connectivity index (χ3n) is 5.73. The molecule has 0 aliphatic carbocycles. The van der Waals surface area contributed by atoms with Crippen LogP contribution >= 0.6 is 27.5 Å². The standard InChI is InChI=1S/C26H26BrClN2O/c27-25-17-19(3-4-23(25)18-30-15-1-2-16-30)13-14-29-26(31)22-7-5-20(6-8-22)21-9-11-24(28)12-10-21/h3-12,17H,1-2,13-16,18H2,(H,29,31). The fourth-order valence-corrected chi connectivity index (χ4v) is 4.61. The highest BCUT2D eigenvalue weighted by Gasteiger charge is 2.13. The maximum Gasteiger partial charge on any atom is 0.251 e. The van der Waals surface area contributed by atoms with E-state index in [0.29, 0.717) is 17.1 Å². The van der Waals surface area contributed by atoms with E-state index in [1.54, 1.807) is 0 Å². The molecule has 4 rings (SSSR count). The van der Waals surface area contributed by atoms with E-state index in [1.165, 1.54) is 37.1 Å². The van der Waals surface area contributed by atoms with Gasteiger partial charge in [0.2, 0.25) is 0 Å². The van der Waals surface area contributed by atoms with E-state index < -0.39 is 0 Å². The van der Waals surface area contributed by atoms with Gasteiger partial charge >= 0.3 is 0 Å². The lowest BCUT2D eigenvalue weighted by Gasteiger charge is -2.16. The molecule has 0 unspecified atom stereocenters. The summed E-state index contributed by atoms with van der Waals surface area (Å²) in [6.45, 7) is 4.00. The minimum Gasteiger partial charge on any atom is -0.352 e. The molecule has 1 amide bonds. The Bertz CT molecular complexity index is 1030. The summed E-state index contributed by atoms with van der Waals surface area (Å²) in [5.41, 5.74) is 5.35. The molecule has 1 saturated heterocycles. The third-order valence-corrected chi connectivity index (χ3v) is 6.72. The number of hydrogen-bond acceptors (Lipinski definition) is 2. The molecule has 3 aromatic rings. The quantitative estimate of drug-likeness (QED) is 0.413. The van der Waals surface area contributed by atoms with E-state index in [9.17, 15) is 4.79 Å². The van der Waals surface area contributed by atoms with Gasteiger partial charge in [0.15, 0.2) is 0 Å². The molecule has 0 spiro atoms. The predicted molar refractivity (Wildman–Crippen MR) is 132 cm³/mol. The summed E-state index contributed by atoms with van der Waals surface area (Å²) in [4.78, 5) is 15.0. The van der Waals surface area contributed by atoms with Crippen LogP contribution in [-0.4, -0.2) is 30.4 Å². The van der Waals surface area contributed by atoms with Crippen LogP contribution in [0.25, 0.3) is 11.1 Å². The van der Waals surface area contributed by atoms with Gasteiger partial charge in [0.05, 0.1) is 0 Å². The van der Waals surface area contributed by atoms with Crippen LogP contribution in [0, 0.1) is 0 Å². The van der Waals surface area contributed by atoms with Gasteiger partial charge in [0.25, 0.3) is 5.91 Å². The summed E-state index contributed by atoms with van der Waals surface area (Å²) in [7, 11) is 0. The van der Waals surface area contributed by atoms with Crippen LogP contribution in [0.5, 0.6) is 0 Å². The van der Waals surface area contributed by atoms with Crippen LogP contribution in [-0.2, 0) is 13.0 Å². The van der Waals surface area contributed by atoms with Crippen LogP contribution in [0.2, 0.25) is 5.02 Å². The molecular formula is C26H26BrClN2O. The monoisotopic (exact) mass is 496 g/mol. The first-order valence-electron chi connectivity index (χ1n) is 10.7. The first kappa shape index (κ1) is 22.1. The Kier molecular flexibility index (Phi) is 7.44. The number of halogens is 2. The molecular weight excluding hydrogens is 472 g/mol. The minimum absolute atomic E-state index is 0.0487. The normalized spacial score (nSPS) is 14.0. The molecule has 0 atom stereocenters. The van der Waals surface area contributed by atoms with Crippen molar-refractivity contribution in [2.24, 2.45) is 0 Å². The van der Waals surface area contributed by atoms with Crippen LogP contribution in [0.4, 0.5) is 0 Å². The Morgan fingerprint density at radius 1 is 0.935 bits per heavy atom. The zero-order valence-corrected chi connectivity index (χ0v) is 19.8. The summed E-state index contributed by atoms with van der Waals surface area (Å²) in [6, 6.07) is 21.9. The minimum atomic E-state index is -0.0487. The lowest BCUT2D eigenvalue weighted by Crippen LogP contribution is -2.25. The van der Waals surface area contributed by atoms with Gasteiger partial charge in [-0.05, 0) is 84.9 Å². The molecule has 1 aliphatic rings. The van der Waals surface area contributed by atoms with Gasteiger partial charge in [-0.1, -0.05) is 63.9 Å². The van der Waals surface area contributed by atoms with Gasteiger partial charge in [0.1, 0.15) is 0 Å². The number of nitrogens with zero attached hydrogens (tertiary/aromatic N) is 1. The Morgan fingerprint density at radius 3 is 2.23 bits per heavy atom. The molecule has 1 aliphatic heterocycles. The molecule has 5 heteroatoms. The average Bonchev–Trinajstić information content (AvgIpc) is 3.29. The van der Waals surface area contributed by atoms with E-state index in [0.717, 1.165) is 28.6 Å². The number of nitrogens with one attached hydrogen (secondary N) is 1. The second-order valence-corrected chi connectivity index (χ2v) is 9.29. The van der Waals surface area contributed by atoms with Crippen LogP contribution in [0.1, 0.15) is 34.3 Å². The van der Waals surface area contributed by atoms with Crippen LogP contribution < -0.4 is 5.32 Å². The lowest BCUT2D eigenvalue weighted by molar-refractivity contribution is 0.0954. The summed E-state index contributed by atoms with van der Waals surface area (Å²) >= 11 is 9.67. The van der Waals surface area contributed by atoms with Crippen molar-refractivity contribution in [2.75, 3.05) is 19.6 Å². The fourth-order valence-electron chi connectivity index (χ4n) is 3.94. The maximum atomic E-state index is 12.5. The lowest BCUT2D eigenvalue weighted by atomic mass is 10.0. The second-order valence-electron chi connectivity index (χ2n) is 8.00. The van der Waals surface area contributed by atoms with Crippen molar-refractivity contribution >= 4 is 33.4 Å². The van der Waals surface area contributed by atoms with Crippen molar-refractivity contribution in [1.29, 1.82) is 0 Å². The molecule has 3 nitrogen and oxygen atoms in total. The van der Waals surface area contributed by atoms with Crippen molar-refractivity contribution in [3.05, 3.63) is 92.9 Å². The Hall–Kier alpha value is -2.14. The predicted octanol–water partition coefficient (Wildman–Crippen LogP) is 6.34. The summed E-state index contributed by atoms with van der Waals surface area (Å²) in [5.74, 6) is -0.0487. The number of carbonyl (C=O) groups is 1. The molecule has 1 N–H and O–H groups in total. The first-order chi connectivity index (χ1) is 15.1. The van der Waals surface area contributed by atoms with Crippen LogP contribution in [0.15, 0.2) is 71.2 Å². The third kappa shape index (κ3) is 5.97. The van der Waals surface area contributed by atoms with Gasteiger partial charge in [0, 0.05) is 28.1 Å². The number of hydrogen-bond donors (Lipinski definition) is 1. The highest BCUT2D eigenvalue weighted by atomic mass is 79.9. The molecule has 160 valence electrons. The summed E-state index contributed by atoms with van der Waals surface area (Å²) < 4.78 is 1.15. The Balaban J connectivity index is 1.28. The van der Waals surface area contributed by atoms with E-state index in [4.69, 9.17) is 11.6 Å². The molecule has 1 heterocycles. The molecule has 1 fully saturated rings. The summed E-state index contributed by atoms with van der Waals surface area (Å²) in [6.07, 6.45) is 3.41. The van der Waals surface area contributed by atoms with Crippen molar-refractivity contribution in [2.45, 2.75) is 25.8 Å². The van der Waals surface area contributed by atoms with Crippen molar-refractivity contribution in [3.8, 4) is 11.1 Å². The average molecular weight is 498 g/mol. The Morgan fingerprint density at radius 2 is 1.58 bits per heavy atom. The number of carbonyl (C=O) groups excluding carboxylic acids is 1. The Labute approximate surface area is 197 Å². The number of amides is 1. The van der Waals surface area contributed by atoms with E-state index in [1.807, 2.05) is 48.5 Å². The number of benzene rings is 3. The van der Waals surface area contributed by atoms with Gasteiger partial charge in [-0.15, -0.1) is 0 Å². The largest absolute Gasteiger partial charge is 0.352 e. The number of likely N-dealkylation sites (tertiary alicyclic amines) is 1. The zero-order valence-electron chi connectivity index (χ0n) is 17.4. The van der Waals surface area contributed by atoms with Gasteiger partial charge < -0.3 is 5.32 Å². The van der Waals surface area contributed by atoms with E-state index in [2.05, 4.69) is 44.3 Å². The molecule has 0 saturated carbocycles. The maximum absolute atomic E-state index is 12.5. The second kappa shape index (κ2) is 10.4. The molecule has 3 aromatic carbocycles. The topological polar surface area (TPSA) is 32.3 Å².